The van der Waals surface area contributed by atoms with Crippen molar-refractivity contribution in [1.82, 2.24) is 25.8 Å². The van der Waals surface area contributed by atoms with Crippen molar-refractivity contribution in [3.63, 3.8) is 0 Å². The number of carbonyl (C=O) groups is 2. The Morgan fingerprint density at radius 2 is 1.95 bits per heavy atom. The number of anilines is 1. The first-order valence-corrected chi connectivity index (χ1v) is 13.3. The second-order valence-electron chi connectivity index (χ2n) is 9.37. The zero-order valence-corrected chi connectivity index (χ0v) is 23.8. The van der Waals surface area contributed by atoms with Crippen LogP contribution in [0.2, 0.25) is 0 Å². The standard InChI is InChI=1S/C25H34N8O6S/c1-13-20(22(35)36)40-24(29-13)31-23-30-18(33-7-6-27-15(12-33)21(26)34)10-25(2,32-23)28-11-14-8-16(37-3)19(39-5)17(9-14)38-4/h8-10,15,27-28H,6-7,11-12H2,1-5H3,(H2,26,34)(H,35,36)(H2,29,30,31,32). The minimum Gasteiger partial charge on any atom is -0.493 e. The highest BCUT2D eigenvalue weighted by Crippen LogP contribution is 2.38. The number of hydrogen-bond donors (Lipinski definition) is 6. The van der Waals surface area contributed by atoms with E-state index in [0.29, 0.717) is 66.0 Å². The third kappa shape index (κ3) is 6.38. The maximum atomic E-state index is 11.9. The lowest BCUT2D eigenvalue weighted by Crippen LogP contribution is -2.58. The number of piperazine rings is 1. The zero-order valence-electron chi connectivity index (χ0n) is 23.0. The maximum absolute atomic E-state index is 11.9. The number of benzene rings is 1. The number of nitrogens with zero attached hydrogens (tertiary/aromatic N) is 3. The predicted molar refractivity (Wildman–Crippen MR) is 150 cm³/mol. The minimum absolute atomic E-state index is 0.143. The Kier molecular flexibility index (Phi) is 8.66. The maximum Gasteiger partial charge on any atom is 0.347 e. The summed E-state index contributed by atoms with van der Waals surface area (Å²) in [6, 6.07) is 3.20. The van der Waals surface area contributed by atoms with Crippen LogP contribution in [0.5, 0.6) is 17.2 Å². The van der Waals surface area contributed by atoms with Gasteiger partial charge < -0.3 is 45.9 Å². The largest absolute Gasteiger partial charge is 0.493 e. The first-order valence-electron chi connectivity index (χ1n) is 12.4. The van der Waals surface area contributed by atoms with Crippen molar-refractivity contribution >= 4 is 34.3 Å². The highest BCUT2D eigenvalue weighted by atomic mass is 32.1. The zero-order chi connectivity index (χ0) is 29.0. The smallest absolute Gasteiger partial charge is 0.347 e. The van der Waals surface area contributed by atoms with Crippen molar-refractivity contribution < 1.29 is 28.9 Å². The number of amides is 1. The van der Waals surface area contributed by atoms with Crippen LogP contribution in [0.4, 0.5) is 5.13 Å². The molecule has 4 rings (SSSR count). The number of hydrogen-bond acceptors (Lipinski definition) is 13. The first-order chi connectivity index (χ1) is 19.1. The summed E-state index contributed by atoms with van der Waals surface area (Å²) in [6.45, 7) is 5.48. The molecule has 15 heteroatoms. The van der Waals surface area contributed by atoms with Gasteiger partial charge in [-0.15, -0.1) is 0 Å². The summed E-state index contributed by atoms with van der Waals surface area (Å²) in [5.41, 5.74) is 5.92. The van der Waals surface area contributed by atoms with Crippen LogP contribution < -0.4 is 41.2 Å². The number of aryl methyl sites for hydroxylation is 1. The number of aromatic carboxylic acids is 1. The van der Waals surface area contributed by atoms with E-state index in [2.05, 4.69) is 26.3 Å². The van der Waals surface area contributed by atoms with Gasteiger partial charge in [0.2, 0.25) is 17.6 Å². The predicted octanol–water partition coefficient (Wildman–Crippen LogP) is 0.653. The fourth-order valence-electron chi connectivity index (χ4n) is 4.46. The van der Waals surface area contributed by atoms with Crippen LogP contribution in [-0.2, 0) is 11.3 Å². The van der Waals surface area contributed by atoms with Crippen molar-refractivity contribution in [1.29, 1.82) is 0 Å². The van der Waals surface area contributed by atoms with Crippen LogP contribution in [0.1, 0.15) is 27.9 Å². The molecule has 2 unspecified atom stereocenters. The Balaban J connectivity index is 1.63. The van der Waals surface area contributed by atoms with Gasteiger partial charge in [-0.2, -0.15) is 0 Å². The van der Waals surface area contributed by atoms with Crippen molar-refractivity contribution in [3.05, 3.63) is 40.2 Å². The van der Waals surface area contributed by atoms with Crippen LogP contribution in [0.3, 0.4) is 0 Å². The highest BCUT2D eigenvalue weighted by Gasteiger charge is 2.32. The number of nitrogens with one attached hydrogen (secondary N) is 4. The number of carboxylic acids is 1. The quantitative estimate of drug-likeness (QED) is 0.233. The molecule has 3 heterocycles. The van der Waals surface area contributed by atoms with Gasteiger partial charge in [0.05, 0.1) is 27.0 Å². The molecule has 7 N–H and O–H groups in total. The Morgan fingerprint density at radius 1 is 1.25 bits per heavy atom. The van der Waals surface area contributed by atoms with E-state index in [0.717, 1.165) is 16.9 Å². The molecule has 0 aliphatic carbocycles. The molecular formula is C25H34N8O6S. The van der Waals surface area contributed by atoms with E-state index in [1.54, 1.807) is 28.3 Å². The number of aliphatic imine (C=N–C) groups is 1. The van der Waals surface area contributed by atoms with Gasteiger partial charge in [-0.25, -0.2) is 14.8 Å². The van der Waals surface area contributed by atoms with E-state index < -0.39 is 23.6 Å². The third-order valence-electron chi connectivity index (χ3n) is 6.46. The van der Waals surface area contributed by atoms with Crippen LogP contribution in [0, 0.1) is 6.92 Å². The summed E-state index contributed by atoms with van der Waals surface area (Å²) in [5.74, 6) is 1.14. The van der Waals surface area contributed by atoms with Gasteiger partial charge in [0, 0.05) is 26.2 Å². The molecule has 40 heavy (non-hydrogen) atoms. The van der Waals surface area contributed by atoms with Gasteiger partial charge >= 0.3 is 5.97 Å². The van der Waals surface area contributed by atoms with Gasteiger partial charge in [0.25, 0.3) is 0 Å². The number of carboxylic acid groups (broad SMARTS) is 1. The van der Waals surface area contributed by atoms with Gasteiger partial charge in [-0.05, 0) is 37.6 Å². The lowest BCUT2D eigenvalue weighted by atomic mass is 10.1. The number of thiazole rings is 1. The SMILES string of the molecule is COc1cc(CNC2(C)C=C(N3CCNC(C(N)=O)C3)NC(Nc3nc(C)c(C(=O)O)s3)=N2)cc(OC)c1OC. The third-order valence-corrected chi connectivity index (χ3v) is 7.52. The number of rotatable bonds is 10. The molecule has 0 saturated carbocycles. The molecule has 0 spiro atoms. The van der Waals surface area contributed by atoms with E-state index in [4.69, 9.17) is 24.9 Å². The van der Waals surface area contributed by atoms with Gasteiger partial charge in [-0.1, -0.05) is 11.3 Å². The summed E-state index contributed by atoms with van der Waals surface area (Å²) in [7, 11) is 4.66. The Hall–Kier alpha value is -4.08. The highest BCUT2D eigenvalue weighted by molar-refractivity contribution is 7.17. The van der Waals surface area contributed by atoms with E-state index in [9.17, 15) is 14.7 Å². The molecule has 2 aromatic rings. The van der Waals surface area contributed by atoms with E-state index in [-0.39, 0.29) is 4.88 Å². The average molecular weight is 575 g/mol. The van der Waals surface area contributed by atoms with Crippen molar-refractivity contribution in [2.24, 2.45) is 10.7 Å². The lowest BCUT2D eigenvalue weighted by molar-refractivity contribution is -0.120. The molecule has 1 fully saturated rings. The summed E-state index contributed by atoms with van der Waals surface area (Å²) in [6.07, 6.45) is 1.93. The molecule has 0 bridgehead atoms. The first kappa shape index (κ1) is 28.9. The number of ether oxygens (including phenoxy) is 3. The molecular weight excluding hydrogens is 540 g/mol. The van der Waals surface area contributed by atoms with Crippen LogP contribution in [0.15, 0.2) is 29.0 Å². The van der Waals surface area contributed by atoms with Gasteiger partial charge in [0.1, 0.15) is 22.4 Å². The Bertz CT molecular complexity index is 1320. The van der Waals surface area contributed by atoms with E-state index in [1.165, 1.54) is 0 Å². The molecule has 2 aliphatic heterocycles. The molecule has 1 aromatic heterocycles. The number of primary amides is 1. The van der Waals surface area contributed by atoms with Crippen molar-refractivity contribution in [3.8, 4) is 17.2 Å². The van der Waals surface area contributed by atoms with Crippen LogP contribution in [-0.4, -0.2) is 85.5 Å². The summed E-state index contributed by atoms with van der Waals surface area (Å²) < 4.78 is 16.4. The molecule has 1 aromatic carbocycles. The number of nitrogens with two attached hydrogens (primary N) is 1. The van der Waals surface area contributed by atoms with E-state index in [1.807, 2.05) is 30.0 Å². The summed E-state index contributed by atoms with van der Waals surface area (Å²) >= 11 is 1.02. The fraction of sp³-hybridized carbons (Fsp3) is 0.440. The van der Waals surface area contributed by atoms with Crippen LogP contribution in [0.25, 0.3) is 0 Å². The molecule has 216 valence electrons. The monoisotopic (exact) mass is 574 g/mol. The topological polar surface area (TPSA) is 185 Å². The second-order valence-corrected chi connectivity index (χ2v) is 10.4. The molecule has 2 atom stereocenters. The fourth-order valence-corrected chi connectivity index (χ4v) is 5.27. The Labute approximate surface area is 235 Å². The van der Waals surface area contributed by atoms with E-state index >= 15 is 0 Å². The number of carbonyl (C=O) groups excluding carboxylic acids is 1. The summed E-state index contributed by atoms with van der Waals surface area (Å²) in [4.78, 5) is 34.7. The van der Waals surface area contributed by atoms with Crippen molar-refractivity contribution in [2.75, 3.05) is 46.3 Å². The normalized spacial score (nSPS) is 20.6. The number of guanidine groups is 1. The van der Waals surface area contributed by atoms with Crippen molar-refractivity contribution in [2.45, 2.75) is 32.1 Å². The average Bonchev–Trinajstić information content (AvgIpc) is 3.30. The summed E-state index contributed by atoms with van der Waals surface area (Å²) in [5, 5.41) is 22.8. The lowest BCUT2D eigenvalue weighted by Gasteiger charge is -2.39. The molecule has 14 nitrogen and oxygen atoms in total. The molecule has 0 radical (unpaired) electrons. The van der Waals surface area contributed by atoms with Crippen LogP contribution >= 0.6 is 11.3 Å². The number of methoxy groups -OCH3 is 3. The van der Waals surface area contributed by atoms with Gasteiger partial charge in [-0.3, -0.25) is 10.1 Å². The number of aromatic nitrogens is 1. The molecule has 2 aliphatic rings. The van der Waals surface area contributed by atoms with Gasteiger partial charge in [0.15, 0.2) is 16.6 Å². The molecule has 1 amide bonds. The molecule has 1 saturated heterocycles. The minimum atomic E-state index is -1.04. The Morgan fingerprint density at radius 3 is 2.52 bits per heavy atom. The second kappa shape index (κ2) is 12.0.